The highest BCUT2D eigenvalue weighted by Gasteiger charge is 2.64. The molecule has 0 bridgehead atoms. The van der Waals surface area contributed by atoms with Gasteiger partial charge in [0.05, 0.1) is 6.20 Å². The maximum atomic E-state index is 14.3. The van der Waals surface area contributed by atoms with Crippen molar-refractivity contribution in [2.75, 3.05) is 18.0 Å². The zero-order valence-corrected chi connectivity index (χ0v) is 25.5. The lowest BCUT2D eigenvalue weighted by molar-refractivity contribution is -0.182. The van der Waals surface area contributed by atoms with Crippen LogP contribution in [-0.2, 0) is 14.4 Å². The van der Waals surface area contributed by atoms with E-state index in [0.29, 0.717) is 11.7 Å². The molecule has 2 rings (SSSR count). The Balaban J connectivity index is 2.18. The number of hydrogen-bond acceptors (Lipinski definition) is 9. The van der Waals surface area contributed by atoms with E-state index in [9.17, 15) is 33.8 Å². The largest absolute Gasteiger partial charge is 0.481 e. The van der Waals surface area contributed by atoms with Gasteiger partial charge in [-0.1, -0.05) is 52.9 Å². The number of anilines is 1. The number of benzene rings is 1. The van der Waals surface area contributed by atoms with Crippen molar-refractivity contribution in [1.29, 1.82) is 5.41 Å². The van der Waals surface area contributed by atoms with Gasteiger partial charge in [-0.25, -0.2) is 19.0 Å². The Kier molecular flexibility index (Phi) is 10.4. The number of thiazole rings is 1. The minimum absolute atomic E-state index is 0.0653. The molecule has 0 fully saturated rings. The van der Waals surface area contributed by atoms with Crippen molar-refractivity contribution in [2.24, 2.45) is 22.0 Å². The fourth-order valence-electron chi connectivity index (χ4n) is 5.38. The minimum Gasteiger partial charge on any atom is -0.481 e. The minimum atomic E-state index is -1.86. The van der Waals surface area contributed by atoms with E-state index in [4.69, 9.17) is 15.9 Å². The highest BCUT2D eigenvalue weighted by atomic mass is 32.1. The van der Waals surface area contributed by atoms with Gasteiger partial charge in [0.25, 0.3) is 0 Å². The Bertz CT molecular complexity index is 1350. The van der Waals surface area contributed by atoms with Crippen molar-refractivity contribution >= 4 is 46.1 Å². The number of esters is 1. The van der Waals surface area contributed by atoms with Gasteiger partial charge in [0.1, 0.15) is 22.2 Å². The predicted molar refractivity (Wildman–Crippen MR) is 156 cm³/mol. The van der Waals surface area contributed by atoms with E-state index in [1.165, 1.54) is 18.3 Å². The molecule has 1 heterocycles. The zero-order chi connectivity index (χ0) is 32.2. The number of nitrogens with one attached hydrogen (secondary N) is 2. The summed E-state index contributed by atoms with van der Waals surface area (Å²) in [6.07, 6.45) is 1.07. The summed E-state index contributed by atoms with van der Waals surface area (Å²) in [6, 6.07) is 1.79. The van der Waals surface area contributed by atoms with E-state index in [1.807, 2.05) is 0 Å². The van der Waals surface area contributed by atoms with Gasteiger partial charge in [0.2, 0.25) is 5.91 Å². The number of carboxylic acid groups (broad SMARTS) is 2. The van der Waals surface area contributed by atoms with Gasteiger partial charge in [0.15, 0.2) is 16.7 Å². The molecule has 0 saturated heterocycles. The van der Waals surface area contributed by atoms with Crippen molar-refractivity contribution in [3.63, 3.8) is 0 Å². The van der Waals surface area contributed by atoms with Gasteiger partial charge in [-0.15, -0.1) is 0 Å². The first-order chi connectivity index (χ1) is 19.3. The van der Waals surface area contributed by atoms with Crippen molar-refractivity contribution < 1.29 is 38.5 Å². The third kappa shape index (κ3) is 7.04. The highest BCUT2D eigenvalue weighted by Crippen LogP contribution is 2.54. The van der Waals surface area contributed by atoms with Gasteiger partial charge in [-0.05, 0) is 36.0 Å². The molecule has 6 N–H and O–H groups in total. The average molecular weight is 608 g/mol. The summed E-state index contributed by atoms with van der Waals surface area (Å²) in [5.74, 6) is -5.87. The van der Waals surface area contributed by atoms with Crippen LogP contribution in [0, 0.1) is 27.5 Å². The number of nitrogens with two attached hydrogens (primary N) is 1. The van der Waals surface area contributed by atoms with Gasteiger partial charge < -0.3 is 30.9 Å². The molecule has 1 amide bonds. The first-order valence-electron chi connectivity index (χ1n) is 13.1. The summed E-state index contributed by atoms with van der Waals surface area (Å²) in [5.41, 5.74) is 1.52. The average Bonchev–Trinajstić information content (AvgIpc) is 3.33. The second kappa shape index (κ2) is 12.8. The molecule has 42 heavy (non-hydrogen) atoms. The number of rotatable bonds is 12. The van der Waals surface area contributed by atoms with Gasteiger partial charge in [-0.3, -0.25) is 15.0 Å². The molecule has 0 aliphatic rings. The highest BCUT2D eigenvalue weighted by molar-refractivity contribution is 7.17. The number of nitrogen functional groups attached to an aromatic ring is 1. The van der Waals surface area contributed by atoms with Crippen LogP contribution in [0.4, 0.5) is 9.52 Å². The van der Waals surface area contributed by atoms with E-state index in [0.717, 1.165) is 17.4 Å². The molecule has 0 unspecified atom stereocenters. The topological polar surface area (TPSA) is 196 Å². The van der Waals surface area contributed by atoms with Crippen LogP contribution >= 0.6 is 11.3 Å². The third-order valence-electron chi connectivity index (χ3n) is 7.09. The van der Waals surface area contributed by atoms with Crippen molar-refractivity contribution in [3.05, 3.63) is 40.7 Å². The number of carboxylic acids is 2. The van der Waals surface area contributed by atoms with Crippen LogP contribution in [0.1, 0.15) is 70.1 Å². The maximum absolute atomic E-state index is 14.3. The molecule has 0 radical (unpaired) electrons. The number of nitrogens with zero attached hydrogens (tertiary/aromatic N) is 2. The smallest absolute Gasteiger partial charge is 0.355 e. The Morgan fingerprint density at radius 3 is 2.19 bits per heavy atom. The fraction of sp³-hybridized carbons (Fsp3) is 0.500. The molecule has 2 aromatic rings. The van der Waals surface area contributed by atoms with Crippen LogP contribution in [0.2, 0.25) is 0 Å². The molecular weight excluding hydrogens is 569 g/mol. The van der Waals surface area contributed by atoms with E-state index in [1.54, 1.807) is 53.4 Å². The lowest BCUT2D eigenvalue weighted by Crippen LogP contribution is -2.67. The molecule has 1 aromatic heterocycles. The molecule has 0 saturated carbocycles. The first kappa shape index (κ1) is 34.1. The molecule has 14 heteroatoms. The zero-order valence-electron chi connectivity index (χ0n) is 24.7. The quantitative estimate of drug-likeness (QED) is 0.103. The Morgan fingerprint density at radius 1 is 1.14 bits per heavy atom. The number of hydrogen-bond donors (Lipinski definition) is 5. The lowest BCUT2D eigenvalue weighted by Gasteiger charge is -2.53. The van der Waals surface area contributed by atoms with E-state index < -0.39 is 51.9 Å². The van der Waals surface area contributed by atoms with Crippen molar-refractivity contribution in [3.8, 4) is 5.75 Å². The Labute approximate surface area is 247 Å². The SMILES string of the molecule is CCN(CCC(=O)N[C@H](C(=O)O)C(C(=O)O)(C(C)(C)C)C(C)(C)C)c1ncc(C(=O)Oc2ccc(C(=N)N)cc2F)s1. The van der Waals surface area contributed by atoms with E-state index in [-0.39, 0.29) is 35.0 Å². The number of amides is 1. The summed E-state index contributed by atoms with van der Waals surface area (Å²) in [4.78, 5) is 56.6. The number of carbonyl (C=O) groups is 4. The summed E-state index contributed by atoms with van der Waals surface area (Å²) >= 11 is 0.952. The molecular formula is C28H38FN5O7S. The van der Waals surface area contributed by atoms with Crippen LogP contribution in [0.25, 0.3) is 0 Å². The van der Waals surface area contributed by atoms with Crippen LogP contribution in [0.5, 0.6) is 5.75 Å². The van der Waals surface area contributed by atoms with Crippen molar-refractivity contribution in [1.82, 2.24) is 10.3 Å². The molecule has 0 aliphatic carbocycles. The number of ether oxygens (including phenoxy) is 1. The van der Waals surface area contributed by atoms with Crippen LogP contribution in [0.3, 0.4) is 0 Å². The van der Waals surface area contributed by atoms with Crippen LogP contribution < -0.4 is 20.7 Å². The molecule has 0 aliphatic heterocycles. The van der Waals surface area contributed by atoms with Crippen LogP contribution in [-0.4, -0.2) is 64.0 Å². The molecule has 1 aromatic carbocycles. The maximum Gasteiger partial charge on any atom is 0.355 e. The van der Waals surface area contributed by atoms with E-state index >= 15 is 0 Å². The Morgan fingerprint density at radius 2 is 1.74 bits per heavy atom. The number of halogens is 1. The van der Waals surface area contributed by atoms with Gasteiger partial charge >= 0.3 is 17.9 Å². The molecule has 230 valence electrons. The molecule has 12 nitrogen and oxygen atoms in total. The second-order valence-corrected chi connectivity index (χ2v) is 12.7. The normalized spacial score (nSPS) is 12.8. The Hall–Kier alpha value is -4.07. The van der Waals surface area contributed by atoms with E-state index in [2.05, 4.69) is 10.3 Å². The number of amidine groups is 1. The monoisotopic (exact) mass is 607 g/mol. The standard InChI is InChI=1S/C28H38FN5O7S/c1-8-34(25-32-14-18(42-25)23(38)41-17-10-9-15(21(30)31)13-16(17)29)12-11-19(35)33-20(22(36)37)28(24(39)40,26(2,3)4)27(5,6)7/h9-10,13-14,20H,8,11-12H2,1-7H3,(H3,30,31)(H,33,35)(H,36,37)(H,39,40)/t20-/m1/s1. The number of carbonyl (C=O) groups excluding carboxylic acids is 2. The molecule has 0 spiro atoms. The third-order valence-corrected chi connectivity index (χ3v) is 8.13. The lowest BCUT2D eigenvalue weighted by atomic mass is 9.50. The van der Waals surface area contributed by atoms with Gasteiger partial charge in [0, 0.05) is 25.1 Å². The summed E-state index contributed by atoms with van der Waals surface area (Å²) < 4.78 is 19.4. The summed E-state index contributed by atoms with van der Waals surface area (Å²) in [6.45, 7) is 12.0. The van der Waals surface area contributed by atoms with Crippen LogP contribution in [0.15, 0.2) is 24.4 Å². The van der Waals surface area contributed by atoms with Gasteiger partial charge in [-0.2, -0.15) is 0 Å². The number of aliphatic carboxylic acids is 2. The molecule has 1 atom stereocenters. The fourth-order valence-corrected chi connectivity index (χ4v) is 6.26. The first-order valence-corrected chi connectivity index (χ1v) is 13.9. The van der Waals surface area contributed by atoms with Crippen molar-refractivity contribution in [2.45, 2.75) is 60.9 Å². The summed E-state index contributed by atoms with van der Waals surface area (Å²) in [5, 5.41) is 30.6. The predicted octanol–water partition coefficient (Wildman–Crippen LogP) is 3.73. The number of aromatic nitrogens is 1. The summed E-state index contributed by atoms with van der Waals surface area (Å²) in [7, 11) is 0. The second-order valence-electron chi connectivity index (χ2n) is 11.7.